The van der Waals surface area contributed by atoms with Gasteiger partial charge in [0.15, 0.2) is 6.54 Å². The molecular weight excluding hydrogens is 917 g/mol. The van der Waals surface area contributed by atoms with E-state index in [0.29, 0.717) is 62.4 Å². The Balaban J connectivity index is 0.892. The summed E-state index contributed by atoms with van der Waals surface area (Å²) in [5, 5.41) is 32.9. The van der Waals surface area contributed by atoms with Crippen LogP contribution in [0.5, 0.6) is 0 Å². The number of ether oxygens (including phenoxy) is 2. The lowest BCUT2D eigenvalue weighted by atomic mass is 9.79. The molecule has 1 aliphatic carbocycles. The fourth-order valence-electron chi connectivity index (χ4n) is 7.95. The number of nitrogens with zero attached hydrogens (tertiary/aromatic N) is 8. The predicted molar refractivity (Wildman–Crippen MR) is 280 cm³/mol. The summed E-state index contributed by atoms with van der Waals surface area (Å²) in [7, 11) is 3.85. The zero-order valence-corrected chi connectivity index (χ0v) is 45.2. The number of ketones is 2. The smallest absolute Gasteiger partial charge is 0.239 e. The molecule has 15 heteroatoms. The third kappa shape index (κ3) is 12.7. The fourth-order valence-corrected chi connectivity index (χ4v) is 10.0. The molecule has 3 aromatic heterocycles. The number of anilines is 1. The third-order valence-corrected chi connectivity index (χ3v) is 14.9. The number of Topliss-reactive ketones (excluding diaryl/α,β-unsaturated/α-hetero) is 2. The lowest BCUT2D eigenvalue weighted by Crippen LogP contribution is -2.21. The van der Waals surface area contributed by atoms with Crippen molar-refractivity contribution in [1.82, 2.24) is 30.0 Å². The maximum atomic E-state index is 13.8. The van der Waals surface area contributed by atoms with Gasteiger partial charge in [0.1, 0.15) is 25.0 Å². The van der Waals surface area contributed by atoms with E-state index in [-0.39, 0.29) is 32.8 Å². The predicted octanol–water partition coefficient (Wildman–Crippen LogP) is 8.91. The number of aromatic nitrogens is 6. The first-order valence-corrected chi connectivity index (χ1v) is 25.6. The molecule has 70 heavy (non-hydrogen) atoms. The number of carbonyl (C=O) groups excluding carboxylic acids is 2. The van der Waals surface area contributed by atoms with Crippen molar-refractivity contribution < 1.29 is 28.7 Å². The molecule has 0 saturated heterocycles. The highest BCUT2D eigenvalue weighted by atomic mass is 32.2. The summed E-state index contributed by atoms with van der Waals surface area (Å²) < 4.78 is 17.7. The normalized spacial score (nSPS) is 16.7. The Morgan fingerprint density at radius 2 is 1.13 bits per heavy atom. The second kappa shape index (κ2) is 20.7. The average Bonchev–Trinajstić information content (AvgIpc) is 4.13. The molecule has 0 amide bonds. The Hall–Kier alpha value is -5.48. The van der Waals surface area contributed by atoms with Crippen LogP contribution >= 0.6 is 23.1 Å². The van der Waals surface area contributed by atoms with E-state index in [1.807, 2.05) is 57.5 Å². The number of hydrogen-bond acceptors (Lipinski definition) is 12. The van der Waals surface area contributed by atoms with Crippen molar-refractivity contribution in [3.05, 3.63) is 139 Å². The van der Waals surface area contributed by atoms with Gasteiger partial charge in [-0.15, -0.1) is 21.5 Å². The van der Waals surface area contributed by atoms with Crippen LogP contribution in [0.25, 0.3) is 5.57 Å². The summed E-state index contributed by atoms with van der Waals surface area (Å²) in [4.78, 5) is 29.7. The number of hydrogen-bond donors (Lipinski definition) is 0. The van der Waals surface area contributed by atoms with Crippen molar-refractivity contribution in [3.63, 3.8) is 0 Å². The summed E-state index contributed by atoms with van der Waals surface area (Å²) in [5.41, 5.74) is 9.00. The number of allylic oxidation sites excluding steroid dienone is 3. The summed E-state index contributed by atoms with van der Waals surface area (Å²) >= 11 is 2.61. The lowest BCUT2D eigenvalue weighted by molar-refractivity contribution is -0.497. The number of likely N-dealkylation sites (N-methyl/N-ethyl adjacent to an activating group) is 2. The molecule has 0 atom stereocenters. The van der Waals surface area contributed by atoms with Gasteiger partial charge >= 0.3 is 0 Å². The number of thioether (sulfide) groups is 1. The van der Waals surface area contributed by atoms with Crippen molar-refractivity contribution in [3.8, 4) is 0 Å². The minimum absolute atomic E-state index is 0.0267. The molecule has 1 aliphatic heterocycles. The molecule has 372 valence electrons. The quantitative estimate of drug-likeness (QED) is 0.0405. The van der Waals surface area contributed by atoms with Crippen LogP contribution in [0.4, 0.5) is 5.00 Å². The highest BCUT2D eigenvalue weighted by Crippen LogP contribution is 2.41. The van der Waals surface area contributed by atoms with Gasteiger partial charge in [-0.05, 0) is 85.0 Å². The maximum absolute atomic E-state index is 13.8. The van der Waals surface area contributed by atoms with Gasteiger partial charge in [-0.3, -0.25) is 9.59 Å². The molecule has 4 heterocycles. The minimum atomic E-state index is -0.772. The van der Waals surface area contributed by atoms with Gasteiger partial charge in [0.2, 0.25) is 16.6 Å². The number of thiophene rings is 1. The van der Waals surface area contributed by atoms with Gasteiger partial charge in [0.25, 0.3) is 0 Å². The van der Waals surface area contributed by atoms with Crippen LogP contribution in [0.15, 0.2) is 89.3 Å². The van der Waals surface area contributed by atoms with Crippen LogP contribution in [0.1, 0.15) is 133 Å². The summed E-state index contributed by atoms with van der Waals surface area (Å²) in [6.45, 7) is 30.6. The Kier molecular flexibility index (Phi) is 15.5. The molecule has 2 aromatic carbocycles. The Labute approximate surface area is 422 Å². The van der Waals surface area contributed by atoms with E-state index in [9.17, 15) is 14.7 Å². The van der Waals surface area contributed by atoms with Crippen molar-refractivity contribution in [2.45, 2.75) is 131 Å². The lowest BCUT2D eigenvalue weighted by Gasteiger charge is -2.26. The molecule has 0 N–H and O–H groups in total. The first-order valence-electron chi connectivity index (χ1n) is 24.0. The van der Waals surface area contributed by atoms with E-state index in [4.69, 9.17) is 9.47 Å². The third-order valence-electron chi connectivity index (χ3n) is 12.5. The van der Waals surface area contributed by atoms with Gasteiger partial charge < -0.3 is 19.5 Å². The molecule has 0 radical (unpaired) electrons. The number of benzene rings is 2. The van der Waals surface area contributed by atoms with Crippen molar-refractivity contribution in [2.24, 2.45) is 0 Å². The molecule has 0 bridgehead atoms. The molecule has 0 saturated carbocycles. The molecule has 5 aromatic rings. The zero-order chi connectivity index (χ0) is 50.9. The second-order valence-electron chi connectivity index (χ2n) is 22.6. The molecule has 2 aliphatic rings. The van der Waals surface area contributed by atoms with E-state index in [0.717, 1.165) is 21.4 Å². The molecule has 13 nitrogen and oxygen atoms in total. The second-order valence-corrected chi connectivity index (χ2v) is 24.7. The Morgan fingerprint density at radius 3 is 1.61 bits per heavy atom. The van der Waals surface area contributed by atoms with Crippen LogP contribution in [0.3, 0.4) is 0 Å². The van der Waals surface area contributed by atoms with Gasteiger partial charge in [-0.25, -0.2) is 13.9 Å². The van der Waals surface area contributed by atoms with Crippen LogP contribution in [0.2, 0.25) is 0 Å². The maximum Gasteiger partial charge on any atom is 0.239 e. The van der Waals surface area contributed by atoms with E-state index in [2.05, 4.69) is 140 Å². The van der Waals surface area contributed by atoms with Gasteiger partial charge in [-0.2, -0.15) is 0 Å². The van der Waals surface area contributed by atoms with Crippen LogP contribution in [0, 0.1) is 0 Å². The van der Waals surface area contributed by atoms with Crippen molar-refractivity contribution >= 4 is 50.3 Å². The monoisotopic (exact) mass is 986 g/mol. The van der Waals surface area contributed by atoms with E-state index < -0.39 is 17.3 Å². The molecule has 7 rings (SSSR count). The number of rotatable bonds is 16. The van der Waals surface area contributed by atoms with E-state index in [1.54, 1.807) is 12.1 Å². The van der Waals surface area contributed by atoms with Crippen molar-refractivity contribution in [1.29, 1.82) is 0 Å². The fraction of sp³-hybridized carbons (Fsp3) is 0.473. The summed E-state index contributed by atoms with van der Waals surface area (Å²) in [5.74, 6) is -2.08. The summed E-state index contributed by atoms with van der Waals surface area (Å²) in [6, 6.07) is 17.3. The van der Waals surface area contributed by atoms with Crippen molar-refractivity contribution in [2.75, 3.05) is 45.3 Å². The van der Waals surface area contributed by atoms with E-state index >= 15 is 0 Å². The molecular formula is C55H70N8O5S2. The molecule has 0 fully saturated rings. The highest BCUT2D eigenvalue weighted by Gasteiger charge is 2.37. The van der Waals surface area contributed by atoms with Gasteiger partial charge in [0, 0.05) is 40.6 Å². The van der Waals surface area contributed by atoms with Gasteiger partial charge in [0.05, 0.1) is 50.3 Å². The zero-order valence-electron chi connectivity index (χ0n) is 43.5. The van der Waals surface area contributed by atoms with Crippen LogP contribution in [-0.2, 0) is 67.0 Å². The largest absolute Gasteiger partial charge is 0.871 e. The highest BCUT2D eigenvalue weighted by molar-refractivity contribution is 8.18. The average molecular weight is 987 g/mol. The van der Waals surface area contributed by atoms with Crippen LogP contribution < -0.4 is 10.0 Å². The van der Waals surface area contributed by atoms with E-state index in [1.165, 1.54) is 56.5 Å². The molecule has 0 spiro atoms. The molecule has 0 unspecified atom stereocenters. The number of carbonyl (C=O) groups is 2. The first-order chi connectivity index (χ1) is 32.7. The Bertz CT molecular complexity index is 2820. The van der Waals surface area contributed by atoms with Gasteiger partial charge in [-0.1, -0.05) is 136 Å². The SMILES string of the molecule is CN(CCOCc1cn(Cc2cc(C(C)(C)C)cc(C(C)(C)C)c2)nn1)c1ccc(C2=C([O-])/C(=C3/C=CC(=[N+](C)CCOCc4cn(Cc5cc(C(C)(C)C)cc(C(C)(C)C)c5)nn4)S3)C(=O)C2=O)s1. The minimum Gasteiger partial charge on any atom is -0.871 e. The standard InChI is InChI=1S/C55H70N8O5S2/c1-52(2,3)37-23-35(24-38(27-37)53(4,5)6)29-62-31-41(56-58-62)33-67-21-19-60(13)45-17-15-43(69-45)47-49(64)48(51(66)50(47)65)44-16-18-46(70-44)61(14)20-22-68-34-42-32-63(59-57-42)30-36-25-39(54(7,8)9)28-40(26-36)55(10,11)12/h15-18,23-28,31-32H,19-22,29-30,33-34H2,1-14H3. The first kappa shape index (κ1) is 52.3. The Morgan fingerprint density at radius 1 is 0.657 bits per heavy atom. The summed E-state index contributed by atoms with van der Waals surface area (Å²) in [6.07, 6.45) is 7.45. The van der Waals surface area contributed by atoms with Crippen LogP contribution in [-0.4, -0.2) is 91.6 Å². The topological polar surface area (TPSA) is 143 Å².